The largest absolute Gasteiger partial charge is 0.246 e. The standard InChI is InChI=1S/C8H11F/c1-6-3-4-7(2)8(9)5-6/h6-8H,5H2,1-2H3. The van der Waals surface area contributed by atoms with Crippen molar-refractivity contribution in [2.24, 2.45) is 11.8 Å². The molecule has 0 aromatic rings. The fourth-order valence-electron chi connectivity index (χ4n) is 0.965. The molecule has 0 aromatic heterocycles. The van der Waals surface area contributed by atoms with E-state index in [1.165, 1.54) is 0 Å². The molecule has 50 valence electrons. The van der Waals surface area contributed by atoms with Crippen LogP contribution in [0.25, 0.3) is 0 Å². The molecular formula is C8H11F. The average Bonchev–Trinajstić information content (AvgIpc) is 1.80. The molecule has 0 N–H and O–H groups in total. The third kappa shape index (κ3) is 1.45. The van der Waals surface area contributed by atoms with E-state index in [0.717, 1.165) is 0 Å². The third-order valence-corrected chi connectivity index (χ3v) is 1.68. The zero-order valence-corrected chi connectivity index (χ0v) is 5.82. The minimum atomic E-state index is -0.693. The summed E-state index contributed by atoms with van der Waals surface area (Å²) in [7, 11) is 0. The van der Waals surface area contributed by atoms with Crippen molar-refractivity contribution in [3.8, 4) is 11.8 Å². The lowest BCUT2D eigenvalue weighted by Gasteiger charge is -2.17. The fraction of sp³-hybridized carbons (Fsp3) is 0.750. The topological polar surface area (TPSA) is 0 Å². The van der Waals surface area contributed by atoms with E-state index in [1.54, 1.807) is 0 Å². The minimum Gasteiger partial charge on any atom is -0.246 e. The number of rotatable bonds is 0. The van der Waals surface area contributed by atoms with Gasteiger partial charge in [-0.2, -0.15) is 0 Å². The highest BCUT2D eigenvalue weighted by Gasteiger charge is 2.19. The Balaban J connectivity index is 2.62. The third-order valence-electron chi connectivity index (χ3n) is 1.68. The summed E-state index contributed by atoms with van der Waals surface area (Å²) in [4.78, 5) is 0. The maximum atomic E-state index is 12.7. The van der Waals surface area contributed by atoms with Crippen LogP contribution < -0.4 is 0 Å². The van der Waals surface area contributed by atoms with Crippen LogP contribution in [0.15, 0.2) is 0 Å². The van der Waals surface area contributed by atoms with E-state index in [1.807, 2.05) is 13.8 Å². The van der Waals surface area contributed by atoms with Crippen LogP contribution >= 0.6 is 0 Å². The van der Waals surface area contributed by atoms with Gasteiger partial charge in [-0.1, -0.05) is 18.8 Å². The van der Waals surface area contributed by atoms with Crippen LogP contribution in [0, 0.1) is 23.7 Å². The van der Waals surface area contributed by atoms with Gasteiger partial charge in [-0.3, -0.25) is 0 Å². The molecule has 0 amide bonds. The molecule has 0 radical (unpaired) electrons. The van der Waals surface area contributed by atoms with E-state index < -0.39 is 6.17 Å². The first-order valence-corrected chi connectivity index (χ1v) is 3.35. The Morgan fingerprint density at radius 1 is 1.33 bits per heavy atom. The fourth-order valence-corrected chi connectivity index (χ4v) is 0.965. The first-order valence-electron chi connectivity index (χ1n) is 3.35. The van der Waals surface area contributed by atoms with Gasteiger partial charge in [-0.05, 0) is 13.3 Å². The summed E-state index contributed by atoms with van der Waals surface area (Å²) >= 11 is 0. The molecule has 0 aromatic carbocycles. The van der Waals surface area contributed by atoms with Crippen molar-refractivity contribution in [3.05, 3.63) is 0 Å². The lowest BCUT2D eigenvalue weighted by atomic mass is 9.92. The molecule has 0 nitrogen and oxygen atoms in total. The van der Waals surface area contributed by atoms with Gasteiger partial charge >= 0.3 is 0 Å². The Kier molecular flexibility index (Phi) is 1.75. The van der Waals surface area contributed by atoms with Crippen molar-refractivity contribution in [2.75, 3.05) is 0 Å². The molecule has 1 rings (SSSR count). The van der Waals surface area contributed by atoms with E-state index in [0.29, 0.717) is 6.42 Å². The summed E-state index contributed by atoms with van der Waals surface area (Å²) in [6, 6.07) is 0. The molecule has 9 heavy (non-hydrogen) atoms. The molecule has 0 heterocycles. The number of hydrogen-bond acceptors (Lipinski definition) is 0. The zero-order chi connectivity index (χ0) is 6.85. The summed E-state index contributed by atoms with van der Waals surface area (Å²) in [5, 5.41) is 0. The number of halogens is 1. The molecule has 0 saturated carbocycles. The highest BCUT2D eigenvalue weighted by molar-refractivity contribution is 5.11. The van der Waals surface area contributed by atoms with Crippen LogP contribution in [0.5, 0.6) is 0 Å². The molecule has 0 spiro atoms. The van der Waals surface area contributed by atoms with Crippen molar-refractivity contribution < 1.29 is 4.39 Å². The Bertz CT molecular complexity index is 152. The average molecular weight is 126 g/mol. The van der Waals surface area contributed by atoms with Crippen LogP contribution in [-0.4, -0.2) is 6.17 Å². The molecular weight excluding hydrogens is 115 g/mol. The van der Waals surface area contributed by atoms with Gasteiger partial charge in [0.05, 0.1) is 0 Å². The van der Waals surface area contributed by atoms with Crippen molar-refractivity contribution in [3.63, 3.8) is 0 Å². The summed E-state index contributed by atoms with van der Waals surface area (Å²) in [5.41, 5.74) is 0. The zero-order valence-electron chi connectivity index (χ0n) is 5.82. The minimum absolute atomic E-state index is 0.0406. The normalized spacial score (nSPS) is 41.4. The maximum absolute atomic E-state index is 12.7. The van der Waals surface area contributed by atoms with Gasteiger partial charge < -0.3 is 0 Å². The molecule has 0 fully saturated rings. The maximum Gasteiger partial charge on any atom is 0.115 e. The lowest BCUT2D eigenvalue weighted by molar-refractivity contribution is 0.241. The van der Waals surface area contributed by atoms with Gasteiger partial charge in [0.2, 0.25) is 0 Å². The summed E-state index contributed by atoms with van der Waals surface area (Å²) < 4.78 is 12.7. The predicted molar refractivity (Wildman–Crippen MR) is 35.6 cm³/mol. The number of hydrogen-bond donors (Lipinski definition) is 0. The van der Waals surface area contributed by atoms with E-state index in [-0.39, 0.29) is 11.8 Å². The highest BCUT2D eigenvalue weighted by Crippen LogP contribution is 2.19. The quantitative estimate of drug-likeness (QED) is 0.435. The lowest BCUT2D eigenvalue weighted by Crippen LogP contribution is -2.17. The Morgan fingerprint density at radius 2 is 2.00 bits per heavy atom. The van der Waals surface area contributed by atoms with Crippen molar-refractivity contribution >= 4 is 0 Å². The van der Waals surface area contributed by atoms with Crippen molar-refractivity contribution in [2.45, 2.75) is 26.4 Å². The highest BCUT2D eigenvalue weighted by atomic mass is 19.1. The molecule has 1 aliphatic carbocycles. The van der Waals surface area contributed by atoms with Gasteiger partial charge in [0, 0.05) is 11.8 Å². The summed E-state index contributed by atoms with van der Waals surface area (Å²) in [6.45, 7) is 3.80. The van der Waals surface area contributed by atoms with Gasteiger partial charge in [-0.25, -0.2) is 4.39 Å². The van der Waals surface area contributed by atoms with Gasteiger partial charge in [0.15, 0.2) is 0 Å². The van der Waals surface area contributed by atoms with E-state index in [9.17, 15) is 4.39 Å². The molecule has 3 unspecified atom stereocenters. The second-order valence-corrected chi connectivity index (χ2v) is 2.73. The van der Waals surface area contributed by atoms with E-state index >= 15 is 0 Å². The molecule has 0 aliphatic heterocycles. The van der Waals surface area contributed by atoms with Crippen LogP contribution in [-0.2, 0) is 0 Å². The van der Waals surface area contributed by atoms with Crippen LogP contribution in [0.2, 0.25) is 0 Å². The van der Waals surface area contributed by atoms with Crippen LogP contribution in [0.1, 0.15) is 20.3 Å². The second-order valence-electron chi connectivity index (χ2n) is 2.73. The number of alkyl halides is 1. The van der Waals surface area contributed by atoms with Crippen molar-refractivity contribution in [1.82, 2.24) is 0 Å². The van der Waals surface area contributed by atoms with E-state index in [2.05, 4.69) is 11.8 Å². The van der Waals surface area contributed by atoms with Gasteiger partial charge in [0.1, 0.15) is 6.17 Å². The molecule has 1 heteroatoms. The van der Waals surface area contributed by atoms with Crippen molar-refractivity contribution in [1.29, 1.82) is 0 Å². The Labute approximate surface area is 55.5 Å². The Morgan fingerprint density at radius 3 is 2.44 bits per heavy atom. The van der Waals surface area contributed by atoms with Crippen LogP contribution in [0.4, 0.5) is 4.39 Å². The van der Waals surface area contributed by atoms with Gasteiger partial charge in [0.25, 0.3) is 0 Å². The molecule has 1 aliphatic rings. The smallest absolute Gasteiger partial charge is 0.115 e. The first-order chi connectivity index (χ1) is 4.20. The monoisotopic (exact) mass is 126 g/mol. The van der Waals surface area contributed by atoms with Crippen LogP contribution in [0.3, 0.4) is 0 Å². The molecule has 0 bridgehead atoms. The molecule has 3 atom stereocenters. The Hall–Kier alpha value is -0.510. The predicted octanol–water partition coefficient (Wildman–Crippen LogP) is 2.00. The summed E-state index contributed by atoms with van der Waals surface area (Å²) in [5.74, 6) is 6.05. The SMILES string of the molecule is CC1C#CC(C)C(F)C1. The van der Waals surface area contributed by atoms with E-state index in [4.69, 9.17) is 0 Å². The first kappa shape index (κ1) is 6.61. The summed E-state index contributed by atoms with van der Waals surface area (Å²) in [6.07, 6.45) is -0.0741. The van der Waals surface area contributed by atoms with Gasteiger partial charge in [-0.15, -0.1) is 0 Å². The second kappa shape index (κ2) is 2.39. The molecule has 0 saturated heterocycles.